The van der Waals surface area contributed by atoms with Gasteiger partial charge in [-0.15, -0.1) is 5.10 Å². The maximum Gasteiger partial charge on any atom is 0.325 e. The molecule has 2 N–H and O–H groups in total. The average Bonchev–Trinajstić information content (AvgIpc) is 2.83. The van der Waals surface area contributed by atoms with E-state index in [0.717, 1.165) is 10.9 Å². The molecule has 11 heteroatoms. The van der Waals surface area contributed by atoms with Crippen molar-refractivity contribution in [1.29, 1.82) is 0 Å². The number of aromatic nitrogens is 4. The van der Waals surface area contributed by atoms with Gasteiger partial charge in [-0.2, -0.15) is 0 Å². The third kappa shape index (κ3) is 3.72. The van der Waals surface area contributed by atoms with Gasteiger partial charge in [-0.1, -0.05) is 5.21 Å². The molecule has 2 rings (SSSR count). The van der Waals surface area contributed by atoms with Gasteiger partial charge >= 0.3 is 11.7 Å². The zero-order valence-electron chi connectivity index (χ0n) is 10.4. The maximum absolute atomic E-state index is 10.9. The van der Waals surface area contributed by atoms with Gasteiger partial charge in [-0.05, 0) is 15.9 Å². The van der Waals surface area contributed by atoms with Gasteiger partial charge in [-0.3, -0.25) is 19.9 Å². The second kappa shape index (κ2) is 6.26. The summed E-state index contributed by atoms with van der Waals surface area (Å²) < 4.78 is 1.60. The lowest BCUT2D eigenvalue weighted by Crippen LogP contribution is -2.09. The zero-order valence-corrected chi connectivity index (χ0v) is 12.0. The number of aliphatic carboxylic acids is 1. The summed E-state index contributed by atoms with van der Waals surface area (Å²) in [4.78, 5) is 24.6. The Kier molecular flexibility index (Phi) is 4.42. The molecule has 110 valence electrons. The van der Waals surface area contributed by atoms with Crippen LogP contribution >= 0.6 is 15.9 Å². The van der Waals surface area contributed by atoms with Crippen molar-refractivity contribution < 1.29 is 14.8 Å². The van der Waals surface area contributed by atoms with Crippen molar-refractivity contribution >= 4 is 33.3 Å². The lowest BCUT2D eigenvalue weighted by atomic mass is 10.3. The lowest BCUT2D eigenvalue weighted by molar-refractivity contribution is -0.384. The third-order valence-electron chi connectivity index (χ3n) is 2.41. The number of carboxylic acids is 1. The number of hydrogen-bond donors (Lipinski definition) is 2. The summed E-state index contributed by atoms with van der Waals surface area (Å²) in [6.07, 6.45) is 4.01. The molecule has 10 nitrogen and oxygen atoms in total. The molecule has 0 aliphatic carbocycles. The van der Waals surface area contributed by atoms with Crippen molar-refractivity contribution in [3.05, 3.63) is 38.9 Å². The number of nitrogens with one attached hydrogen (secondary N) is 1. The first-order valence-corrected chi connectivity index (χ1v) is 6.39. The van der Waals surface area contributed by atoms with Crippen LogP contribution in [0.15, 0.2) is 23.1 Å². The molecule has 0 amide bonds. The van der Waals surface area contributed by atoms with Crippen LogP contribution in [0.1, 0.15) is 5.69 Å². The van der Waals surface area contributed by atoms with Gasteiger partial charge in [0, 0.05) is 6.20 Å². The highest BCUT2D eigenvalue weighted by Gasteiger charge is 2.17. The molecular formula is C10H9BrN6O4. The van der Waals surface area contributed by atoms with Crippen LogP contribution in [-0.2, 0) is 17.9 Å². The summed E-state index contributed by atoms with van der Waals surface area (Å²) in [5.41, 5.74) is 0.541. The molecule has 2 aromatic rings. The molecule has 2 aromatic heterocycles. The minimum absolute atomic E-state index is 0.156. The predicted molar refractivity (Wildman–Crippen MR) is 73.6 cm³/mol. The number of carboxylic acid groups (broad SMARTS) is 1. The number of hydrogen-bond acceptors (Lipinski definition) is 7. The maximum atomic E-state index is 10.9. The summed E-state index contributed by atoms with van der Waals surface area (Å²) in [7, 11) is 0. The second-order valence-corrected chi connectivity index (χ2v) is 4.78. The van der Waals surface area contributed by atoms with Crippen LogP contribution in [0.5, 0.6) is 0 Å². The van der Waals surface area contributed by atoms with Crippen molar-refractivity contribution in [2.75, 3.05) is 5.32 Å². The Balaban J connectivity index is 2.11. The summed E-state index contributed by atoms with van der Waals surface area (Å²) >= 11 is 3.18. The molecule has 0 saturated heterocycles. The summed E-state index contributed by atoms with van der Waals surface area (Å²) in [5, 5.41) is 29.8. The predicted octanol–water partition coefficient (Wildman–Crippen LogP) is 1.04. The Labute approximate surface area is 126 Å². The Bertz CT molecular complexity index is 688. The number of pyridine rings is 1. The highest BCUT2D eigenvalue weighted by molar-refractivity contribution is 9.10. The van der Waals surface area contributed by atoms with Crippen LogP contribution < -0.4 is 5.32 Å². The number of nitro groups is 1. The summed E-state index contributed by atoms with van der Waals surface area (Å²) in [5.74, 6) is -1.04. The van der Waals surface area contributed by atoms with E-state index in [1.807, 2.05) is 0 Å². The van der Waals surface area contributed by atoms with E-state index in [1.54, 1.807) is 0 Å². The topological polar surface area (TPSA) is 136 Å². The molecule has 0 saturated carbocycles. The third-order valence-corrected chi connectivity index (χ3v) is 3.01. The van der Waals surface area contributed by atoms with Gasteiger partial charge < -0.3 is 10.4 Å². The summed E-state index contributed by atoms with van der Waals surface area (Å²) in [6.45, 7) is -0.144. The standard InChI is InChI=1S/C10H9BrN6O4/c11-7-2-12-3-8(17(20)21)10(7)13-1-6-4-16(15-14-6)5-9(18)19/h2-4H,1,5H2,(H,12,13)(H,18,19). The smallest absolute Gasteiger partial charge is 0.325 e. The molecule has 0 atom stereocenters. The van der Waals surface area contributed by atoms with Gasteiger partial charge in [0.2, 0.25) is 0 Å². The zero-order chi connectivity index (χ0) is 15.4. The molecule has 0 unspecified atom stereocenters. The first-order chi connectivity index (χ1) is 9.97. The monoisotopic (exact) mass is 356 g/mol. The van der Waals surface area contributed by atoms with Gasteiger partial charge in [0.05, 0.1) is 22.1 Å². The number of rotatable bonds is 6. The van der Waals surface area contributed by atoms with Gasteiger partial charge in [0.15, 0.2) is 0 Å². The van der Waals surface area contributed by atoms with Crippen LogP contribution in [0.2, 0.25) is 0 Å². The van der Waals surface area contributed by atoms with Gasteiger partial charge in [0.25, 0.3) is 0 Å². The second-order valence-electron chi connectivity index (χ2n) is 3.93. The fourth-order valence-electron chi connectivity index (χ4n) is 1.55. The van der Waals surface area contributed by atoms with E-state index in [-0.39, 0.29) is 24.5 Å². The fourth-order valence-corrected chi connectivity index (χ4v) is 2.01. The van der Waals surface area contributed by atoms with E-state index >= 15 is 0 Å². The largest absolute Gasteiger partial charge is 0.480 e. The highest BCUT2D eigenvalue weighted by Crippen LogP contribution is 2.31. The van der Waals surface area contributed by atoms with E-state index in [0.29, 0.717) is 10.2 Å². The Morgan fingerprint density at radius 3 is 2.95 bits per heavy atom. The van der Waals surface area contributed by atoms with E-state index < -0.39 is 10.9 Å². The molecule has 21 heavy (non-hydrogen) atoms. The van der Waals surface area contributed by atoms with E-state index in [4.69, 9.17) is 5.11 Å². The average molecular weight is 357 g/mol. The molecule has 0 aromatic carbocycles. The molecule has 0 spiro atoms. The quantitative estimate of drug-likeness (QED) is 0.578. The number of carbonyl (C=O) groups is 1. The van der Waals surface area contributed by atoms with Crippen molar-refractivity contribution in [2.45, 2.75) is 13.1 Å². The minimum Gasteiger partial charge on any atom is -0.480 e. The number of nitrogens with zero attached hydrogens (tertiary/aromatic N) is 5. The van der Waals surface area contributed by atoms with Crippen LogP contribution in [0.4, 0.5) is 11.4 Å². The summed E-state index contributed by atoms with van der Waals surface area (Å²) in [6, 6.07) is 0. The SMILES string of the molecule is O=C(O)Cn1cc(CNc2c(Br)cncc2[N+](=O)[O-])nn1. The molecular weight excluding hydrogens is 348 g/mol. The van der Waals surface area contributed by atoms with Crippen LogP contribution in [0, 0.1) is 10.1 Å². The highest BCUT2D eigenvalue weighted by atomic mass is 79.9. The lowest BCUT2D eigenvalue weighted by Gasteiger charge is -2.06. The van der Waals surface area contributed by atoms with Crippen LogP contribution in [0.3, 0.4) is 0 Å². The molecule has 0 radical (unpaired) electrons. The molecule has 2 heterocycles. The van der Waals surface area contributed by atoms with Gasteiger partial charge in [0.1, 0.15) is 24.1 Å². The van der Waals surface area contributed by atoms with Gasteiger partial charge in [-0.25, -0.2) is 4.68 Å². The number of anilines is 1. The first kappa shape index (κ1) is 14.8. The van der Waals surface area contributed by atoms with Crippen LogP contribution in [0.25, 0.3) is 0 Å². The Morgan fingerprint density at radius 2 is 2.29 bits per heavy atom. The first-order valence-electron chi connectivity index (χ1n) is 5.60. The fraction of sp³-hybridized carbons (Fsp3) is 0.200. The molecule has 0 aliphatic rings. The van der Waals surface area contributed by atoms with Crippen molar-refractivity contribution in [3.63, 3.8) is 0 Å². The molecule has 0 fully saturated rings. The molecule has 0 bridgehead atoms. The van der Waals surface area contributed by atoms with Crippen molar-refractivity contribution in [2.24, 2.45) is 0 Å². The van der Waals surface area contributed by atoms with E-state index in [9.17, 15) is 14.9 Å². The molecule has 0 aliphatic heterocycles. The van der Waals surface area contributed by atoms with E-state index in [1.165, 1.54) is 12.4 Å². The Hall–Kier alpha value is -2.56. The van der Waals surface area contributed by atoms with Crippen molar-refractivity contribution in [3.8, 4) is 0 Å². The van der Waals surface area contributed by atoms with Crippen molar-refractivity contribution in [1.82, 2.24) is 20.0 Å². The Morgan fingerprint density at radius 1 is 1.52 bits per heavy atom. The minimum atomic E-state index is -1.04. The normalized spacial score (nSPS) is 10.3. The van der Waals surface area contributed by atoms with Crippen LogP contribution in [-0.4, -0.2) is 36.0 Å². The van der Waals surface area contributed by atoms with E-state index in [2.05, 4.69) is 36.5 Å². The number of halogens is 1.